The molecule has 0 saturated heterocycles. The van der Waals surface area contributed by atoms with Gasteiger partial charge in [0.2, 0.25) is 0 Å². The van der Waals surface area contributed by atoms with Crippen molar-refractivity contribution in [3.05, 3.63) is 29.0 Å². The van der Waals surface area contributed by atoms with E-state index in [9.17, 15) is 13.2 Å². The Hall–Kier alpha value is -1.23. The van der Waals surface area contributed by atoms with Crippen molar-refractivity contribution in [2.45, 2.75) is 6.18 Å². The molecular formula is C8H4ClF3N2. The molecule has 0 aliphatic carbocycles. The quantitative estimate of drug-likeness (QED) is 0.679. The van der Waals surface area contributed by atoms with Gasteiger partial charge < -0.3 is 4.98 Å². The van der Waals surface area contributed by atoms with Gasteiger partial charge in [0.15, 0.2) is 0 Å². The summed E-state index contributed by atoms with van der Waals surface area (Å²) in [5.41, 5.74) is -0.582. The van der Waals surface area contributed by atoms with Crippen molar-refractivity contribution in [3.63, 3.8) is 0 Å². The first kappa shape index (κ1) is 9.33. The van der Waals surface area contributed by atoms with Gasteiger partial charge in [-0.1, -0.05) is 11.6 Å². The van der Waals surface area contributed by atoms with Crippen molar-refractivity contribution in [1.29, 1.82) is 0 Å². The van der Waals surface area contributed by atoms with E-state index in [0.717, 1.165) is 6.20 Å². The van der Waals surface area contributed by atoms with Gasteiger partial charge in [-0.3, -0.25) is 0 Å². The predicted octanol–water partition coefficient (Wildman–Crippen LogP) is 3.24. The second-order valence-corrected chi connectivity index (χ2v) is 3.12. The zero-order valence-corrected chi connectivity index (χ0v) is 7.45. The Morgan fingerprint density at radius 2 is 2.00 bits per heavy atom. The summed E-state index contributed by atoms with van der Waals surface area (Å²) in [6.45, 7) is 0. The third kappa shape index (κ3) is 1.43. The Bertz CT molecular complexity index is 475. The molecule has 74 valence electrons. The molecule has 14 heavy (non-hydrogen) atoms. The lowest BCUT2D eigenvalue weighted by atomic mass is 10.2. The number of pyridine rings is 1. The van der Waals surface area contributed by atoms with E-state index >= 15 is 0 Å². The van der Waals surface area contributed by atoms with Crippen LogP contribution in [0.2, 0.25) is 5.15 Å². The minimum absolute atomic E-state index is 0.0295. The topological polar surface area (TPSA) is 28.7 Å². The molecule has 6 heteroatoms. The van der Waals surface area contributed by atoms with E-state index in [-0.39, 0.29) is 16.2 Å². The lowest BCUT2D eigenvalue weighted by Crippen LogP contribution is -2.03. The van der Waals surface area contributed by atoms with Crippen LogP contribution in [0.3, 0.4) is 0 Å². The number of nitrogens with one attached hydrogen (secondary N) is 1. The number of aromatic nitrogens is 2. The standard InChI is InChI=1S/C8H4ClF3N2/c9-6-2-1-4-5(8(10,11)12)3-13-7(4)14-6/h1-3H,(H,13,14). The van der Waals surface area contributed by atoms with Crippen molar-refractivity contribution in [2.24, 2.45) is 0 Å². The zero-order chi connectivity index (χ0) is 10.3. The van der Waals surface area contributed by atoms with E-state index in [2.05, 4.69) is 9.97 Å². The number of alkyl halides is 3. The molecule has 0 aliphatic rings. The summed E-state index contributed by atoms with van der Waals surface area (Å²) >= 11 is 5.53. The highest BCUT2D eigenvalue weighted by molar-refractivity contribution is 6.29. The van der Waals surface area contributed by atoms with Crippen molar-refractivity contribution in [3.8, 4) is 0 Å². The average molecular weight is 221 g/mol. The number of aromatic amines is 1. The fourth-order valence-electron chi connectivity index (χ4n) is 1.22. The number of nitrogens with zero attached hydrogens (tertiary/aromatic N) is 1. The molecule has 0 saturated carbocycles. The average Bonchev–Trinajstić information content (AvgIpc) is 2.45. The van der Waals surface area contributed by atoms with Crippen LogP contribution in [0.15, 0.2) is 18.3 Å². The second-order valence-electron chi connectivity index (χ2n) is 2.73. The molecule has 2 heterocycles. The summed E-state index contributed by atoms with van der Waals surface area (Å²) in [6.07, 6.45) is -3.48. The predicted molar refractivity (Wildman–Crippen MR) is 46.1 cm³/mol. The van der Waals surface area contributed by atoms with Gasteiger partial charge in [-0.25, -0.2) is 4.98 Å². The highest BCUT2D eigenvalue weighted by Crippen LogP contribution is 2.34. The number of hydrogen-bond acceptors (Lipinski definition) is 1. The van der Waals surface area contributed by atoms with Crippen LogP contribution in [-0.2, 0) is 6.18 Å². The summed E-state index contributed by atoms with van der Waals surface area (Å²) in [7, 11) is 0. The molecule has 0 atom stereocenters. The maximum atomic E-state index is 12.4. The largest absolute Gasteiger partial charge is 0.418 e. The van der Waals surface area contributed by atoms with Crippen LogP contribution in [0, 0.1) is 0 Å². The fourth-order valence-corrected chi connectivity index (χ4v) is 1.36. The summed E-state index contributed by atoms with van der Waals surface area (Å²) < 4.78 is 37.1. The first-order valence-corrected chi connectivity index (χ1v) is 4.07. The Morgan fingerprint density at radius 3 is 2.64 bits per heavy atom. The van der Waals surface area contributed by atoms with E-state index in [4.69, 9.17) is 11.6 Å². The molecule has 0 fully saturated rings. The summed E-state index contributed by atoms with van der Waals surface area (Å²) in [5, 5.41) is 0.190. The molecular weight excluding hydrogens is 217 g/mol. The maximum absolute atomic E-state index is 12.4. The number of fused-ring (bicyclic) bond motifs is 1. The van der Waals surface area contributed by atoms with Crippen LogP contribution < -0.4 is 0 Å². The Kier molecular flexibility index (Phi) is 1.92. The first-order valence-electron chi connectivity index (χ1n) is 3.69. The second kappa shape index (κ2) is 2.88. The van der Waals surface area contributed by atoms with Crippen molar-refractivity contribution in [2.75, 3.05) is 0 Å². The molecule has 2 rings (SSSR count). The van der Waals surface area contributed by atoms with E-state index in [1.807, 2.05) is 0 Å². The molecule has 2 nitrogen and oxygen atoms in total. The summed E-state index contributed by atoms with van der Waals surface area (Å²) in [5.74, 6) is 0. The molecule has 0 unspecified atom stereocenters. The van der Waals surface area contributed by atoms with Gasteiger partial charge in [-0.05, 0) is 12.1 Å². The van der Waals surface area contributed by atoms with Gasteiger partial charge in [-0.15, -0.1) is 0 Å². The summed E-state index contributed by atoms with van der Waals surface area (Å²) in [6, 6.07) is 2.62. The van der Waals surface area contributed by atoms with Gasteiger partial charge in [0.25, 0.3) is 0 Å². The van der Waals surface area contributed by atoms with E-state index in [0.29, 0.717) is 0 Å². The molecule has 0 amide bonds. The number of H-pyrrole nitrogens is 1. The highest BCUT2D eigenvalue weighted by Gasteiger charge is 2.33. The Labute approximate surface area is 81.7 Å². The molecule has 0 radical (unpaired) electrons. The molecule has 0 aromatic carbocycles. The minimum Gasteiger partial charge on any atom is -0.345 e. The minimum atomic E-state index is -4.37. The van der Waals surface area contributed by atoms with E-state index < -0.39 is 11.7 Å². The smallest absolute Gasteiger partial charge is 0.345 e. The van der Waals surface area contributed by atoms with Gasteiger partial charge in [0.05, 0.1) is 5.56 Å². The van der Waals surface area contributed by atoms with Crippen LogP contribution in [0.1, 0.15) is 5.56 Å². The van der Waals surface area contributed by atoms with Crippen molar-refractivity contribution < 1.29 is 13.2 Å². The Balaban J connectivity index is 2.70. The number of halogens is 4. The Morgan fingerprint density at radius 1 is 1.29 bits per heavy atom. The fraction of sp³-hybridized carbons (Fsp3) is 0.125. The zero-order valence-electron chi connectivity index (χ0n) is 6.69. The summed E-state index contributed by atoms with van der Waals surface area (Å²) in [4.78, 5) is 6.14. The van der Waals surface area contributed by atoms with Crippen LogP contribution in [0.25, 0.3) is 11.0 Å². The highest BCUT2D eigenvalue weighted by atomic mass is 35.5. The molecule has 0 aliphatic heterocycles. The monoisotopic (exact) mass is 220 g/mol. The number of rotatable bonds is 0. The van der Waals surface area contributed by atoms with Crippen LogP contribution in [0.5, 0.6) is 0 Å². The number of hydrogen-bond donors (Lipinski definition) is 1. The van der Waals surface area contributed by atoms with Gasteiger partial charge in [0, 0.05) is 11.6 Å². The maximum Gasteiger partial charge on any atom is 0.418 e. The first-order chi connectivity index (χ1) is 6.48. The van der Waals surface area contributed by atoms with Gasteiger partial charge in [-0.2, -0.15) is 13.2 Å². The SMILES string of the molecule is FC(F)(F)c1c[nH]c2nc(Cl)ccc12. The van der Waals surface area contributed by atoms with Crippen molar-refractivity contribution in [1.82, 2.24) is 9.97 Å². The molecule has 0 bridgehead atoms. The van der Waals surface area contributed by atoms with Crippen LogP contribution in [0.4, 0.5) is 13.2 Å². The lowest BCUT2D eigenvalue weighted by molar-refractivity contribution is -0.136. The van der Waals surface area contributed by atoms with Gasteiger partial charge in [0.1, 0.15) is 10.8 Å². The molecule has 2 aromatic heterocycles. The lowest BCUT2D eigenvalue weighted by Gasteiger charge is -2.03. The van der Waals surface area contributed by atoms with Crippen molar-refractivity contribution >= 4 is 22.6 Å². The molecule has 1 N–H and O–H groups in total. The molecule has 2 aromatic rings. The third-order valence-electron chi connectivity index (χ3n) is 1.81. The van der Waals surface area contributed by atoms with Crippen LogP contribution >= 0.6 is 11.6 Å². The normalized spacial score (nSPS) is 12.3. The van der Waals surface area contributed by atoms with Gasteiger partial charge >= 0.3 is 6.18 Å². The van der Waals surface area contributed by atoms with Crippen LogP contribution in [-0.4, -0.2) is 9.97 Å². The third-order valence-corrected chi connectivity index (χ3v) is 2.02. The van der Waals surface area contributed by atoms with E-state index in [1.54, 1.807) is 0 Å². The van der Waals surface area contributed by atoms with E-state index in [1.165, 1.54) is 12.1 Å². The molecule has 0 spiro atoms.